The third-order valence-electron chi connectivity index (χ3n) is 3.10. The Morgan fingerprint density at radius 1 is 1.31 bits per heavy atom. The van der Waals surface area contributed by atoms with Crippen molar-refractivity contribution in [2.24, 2.45) is 5.92 Å². The van der Waals surface area contributed by atoms with Crippen molar-refractivity contribution in [3.63, 3.8) is 0 Å². The van der Waals surface area contributed by atoms with Gasteiger partial charge < -0.3 is 5.32 Å². The van der Waals surface area contributed by atoms with Crippen molar-refractivity contribution in [2.45, 2.75) is 53.1 Å². The number of hydrogen-bond acceptors (Lipinski definition) is 2. The van der Waals surface area contributed by atoms with Gasteiger partial charge in [0, 0.05) is 18.3 Å². The van der Waals surface area contributed by atoms with Gasteiger partial charge in [-0.05, 0) is 45.7 Å². The first kappa shape index (κ1) is 13.2. The van der Waals surface area contributed by atoms with Gasteiger partial charge in [-0.15, -0.1) is 0 Å². The summed E-state index contributed by atoms with van der Waals surface area (Å²) in [6.07, 6.45) is 3.12. The maximum Gasteiger partial charge on any atom is 0.0627 e. The molecule has 1 heterocycles. The molecule has 0 fully saturated rings. The van der Waals surface area contributed by atoms with E-state index in [1.165, 1.54) is 5.69 Å². The molecule has 0 saturated carbocycles. The molecule has 0 bridgehead atoms. The zero-order valence-corrected chi connectivity index (χ0v) is 11.2. The van der Waals surface area contributed by atoms with Gasteiger partial charge in [-0.2, -0.15) is 5.10 Å². The van der Waals surface area contributed by atoms with Crippen molar-refractivity contribution in [2.75, 3.05) is 6.54 Å². The van der Waals surface area contributed by atoms with Crippen LogP contribution >= 0.6 is 0 Å². The Morgan fingerprint density at radius 3 is 2.50 bits per heavy atom. The molecule has 3 heteroatoms. The normalized spacial score (nSPS) is 15.4. The van der Waals surface area contributed by atoms with Gasteiger partial charge in [0.25, 0.3) is 0 Å². The molecular weight excluding hydrogens is 198 g/mol. The predicted octanol–water partition coefficient (Wildman–Crippen LogP) is 2.64. The van der Waals surface area contributed by atoms with Crippen LogP contribution in [0.3, 0.4) is 0 Å². The van der Waals surface area contributed by atoms with Gasteiger partial charge in [0.15, 0.2) is 0 Å². The molecule has 1 aromatic heterocycles. The van der Waals surface area contributed by atoms with Gasteiger partial charge in [0.2, 0.25) is 0 Å². The molecule has 0 aromatic carbocycles. The Balaban J connectivity index is 2.52. The maximum absolute atomic E-state index is 4.58. The summed E-state index contributed by atoms with van der Waals surface area (Å²) in [5.74, 6) is 0.621. The van der Waals surface area contributed by atoms with Gasteiger partial charge in [-0.3, -0.25) is 4.68 Å². The van der Waals surface area contributed by atoms with Gasteiger partial charge in [0.1, 0.15) is 0 Å². The largest absolute Gasteiger partial charge is 0.314 e. The van der Waals surface area contributed by atoms with E-state index in [-0.39, 0.29) is 0 Å². The van der Waals surface area contributed by atoms with Crippen LogP contribution in [-0.2, 0) is 6.42 Å². The second-order valence-corrected chi connectivity index (χ2v) is 4.91. The molecule has 0 radical (unpaired) electrons. The number of hydrogen-bond donors (Lipinski definition) is 1. The Bertz CT molecular complexity index is 304. The van der Waals surface area contributed by atoms with Crippen LogP contribution < -0.4 is 5.32 Å². The van der Waals surface area contributed by atoms with E-state index in [9.17, 15) is 0 Å². The summed E-state index contributed by atoms with van der Waals surface area (Å²) in [6, 6.07) is 3.14. The number of nitrogens with one attached hydrogen (secondary N) is 1. The van der Waals surface area contributed by atoms with E-state index in [1.807, 2.05) is 4.68 Å². The molecule has 1 N–H and O–H groups in total. The molecule has 16 heavy (non-hydrogen) atoms. The Labute approximate surface area is 99.2 Å². The van der Waals surface area contributed by atoms with Crippen LogP contribution in [0.5, 0.6) is 0 Å². The quantitative estimate of drug-likeness (QED) is 0.803. The van der Waals surface area contributed by atoms with Crippen molar-refractivity contribution in [1.82, 2.24) is 15.1 Å². The molecule has 0 aliphatic rings. The topological polar surface area (TPSA) is 29.9 Å². The molecule has 0 saturated heterocycles. The van der Waals surface area contributed by atoms with E-state index < -0.39 is 0 Å². The average Bonchev–Trinajstić information content (AvgIpc) is 2.66. The Hall–Kier alpha value is -0.830. The van der Waals surface area contributed by atoms with Gasteiger partial charge in [-0.25, -0.2) is 0 Å². The van der Waals surface area contributed by atoms with E-state index in [2.05, 4.69) is 57.3 Å². The van der Waals surface area contributed by atoms with Crippen LogP contribution in [-0.4, -0.2) is 22.4 Å². The first-order chi connectivity index (χ1) is 7.54. The van der Waals surface area contributed by atoms with E-state index >= 15 is 0 Å². The highest BCUT2D eigenvalue weighted by atomic mass is 15.3. The first-order valence-electron chi connectivity index (χ1n) is 6.32. The van der Waals surface area contributed by atoms with Crippen LogP contribution in [0.4, 0.5) is 0 Å². The summed E-state index contributed by atoms with van der Waals surface area (Å²) >= 11 is 0. The Kier molecular flexibility index (Phi) is 5.00. The minimum absolute atomic E-state index is 0.454. The van der Waals surface area contributed by atoms with E-state index in [1.54, 1.807) is 0 Å². The van der Waals surface area contributed by atoms with Crippen LogP contribution in [0.15, 0.2) is 12.3 Å². The maximum atomic E-state index is 4.58. The molecule has 0 spiro atoms. The number of nitrogens with zero attached hydrogens (tertiary/aromatic N) is 2. The van der Waals surface area contributed by atoms with E-state index in [0.717, 1.165) is 13.0 Å². The molecule has 0 amide bonds. The van der Waals surface area contributed by atoms with E-state index in [0.29, 0.717) is 18.0 Å². The molecule has 3 nitrogen and oxygen atoms in total. The van der Waals surface area contributed by atoms with Crippen LogP contribution in [0.2, 0.25) is 0 Å². The second-order valence-electron chi connectivity index (χ2n) is 4.91. The summed E-state index contributed by atoms with van der Waals surface area (Å²) in [4.78, 5) is 0. The van der Waals surface area contributed by atoms with Gasteiger partial charge in [0.05, 0.1) is 5.69 Å². The van der Waals surface area contributed by atoms with E-state index in [4.69, 9.17) is 0 Å². The highest BCUT2D eigenvalue weighted by Gasteiger charge is 2.13. The third-order valence-corrected chi connectivity index (χ3v) is 3.10. The van der Waals surface area contributed by atoms with Crippen molar-refractivity contribution < 1.29 is 0 Å². The molecule has 2 unspecified atom stereocenters. The highest BCUT2D eigenvalue weighted by Crippen LogP contribution is 2.12. The average molecular weight is 223 g/mol. The fourth-order valence-corrected chi connectivity index (χ4v) is 1.80. The van der Waals surface area contributed by atoms with Crippen molar-refractivity contribution in [3.05, 3.63) is 18.0 Å². The molecule has 92 valence electrons. The monoisotopic (exact) mass is 223 g/mol. The lowest BCUT2D eigenvalue weighted by molar-refractivity contribution is 0.400. The standard InChI is InChI=1S/C13H25N3/c1-6-14-12(5)11(4)9-13-7-8-16(15-13)10(2)3/h7-8,10-12,14H,6,9H2,1-5H3. The summed E-state index contributed by atoms with van der Waals surface area (Å²) in [5, 5.41) is 8.04. The lowest BCUT2D eigenvalue weighted by Gasteiger charge is -2.19. The fourth-order valence-electron chi connectivity index (χ4n) is 1.80. The van der Waals surface area contributed by atoms with Gasteiger partial charge >= 0.3 is 0 Å². The first-order valence-corrected chi connectivity index (χ1v) is 6.32. The van der Waals surface area contributed by atoms with Crippen LogP contribution in [0.1, 0.15) is 46.4 Å². The summed E-state index contributed by atoms with van der Waals surface area (Å²) in [7, 11) is 0. The minimum atomic E-state index is 0.454. The zero-order valence-electron chi connectivity index (χ0n) is 11.2. The van der Waals surface area contributed by atoms with Crippen LogP contribution in [0, 0.1) is 5.92 Å². The summed E-state index contributed by atoms with van der Waals surface area (Å²) in [5.41, 5.74) is 1.20. The molecular formula is C13H25N3. The van der Waals surface area contributed by atoms with Crippen molar-refractivity contribution >= 4 is 0 Å². The summed E-state index contributed by atoms with van der Waals surface area (Å²) in [6.45, 7) is 12.0. The predicted molar refractivity (Wildman–Crippen MR) is 68.6 cm³/mol. The lowest BCUT2D eigenvalue weighted by atomic mass is 9.98. The Morgan fingerprint density at radius 2 is 2.00 bits per heavy atom. The SMILES string of the molecule is CCNC(C)C(C)Cc1ccn(C(C)C)n1. The third kappa shape index (κ3) is 3.63. The lowest BCUT2D eigenvalue weighted by Crippen LogP contribution is -2.32. The van der Waals surface area contributed by atoms with Crippen molar-refractivity contribution in [1.29, 1.82) is 0 Å². The molecule has 0 aliphatic heterocycles. The fraction of sp³-hybridized carbons (Fsp3) is 0.769. The number of aromatic nitrogens is 2. The highest BCUT2D eigenvalue weighted by molar-refractivity contribution is 5.01. The van der Waals surface area contributed by atoms with Gasteiger partial charge in [-0.1, -0.05) is 13.8 Å². The molecule has 0 aliphatic carbocycles. The smallest absolute Gasteiger partial charge is 0.0627 e. The molecule has 2 atom stereocenters. The zero-order chi connectivity index (χ0) is 12.1. The van der Waals surface area contributed by atoms with Crippen molar-refractivity contribution in [3.8, 4) is 0 Å². The molecule has 1 rings (SSSR count). The van der Waals surface area contributed by atoms with Crippen LogP contribution in [0.25, 0.3) is 0 Å². The second kappa shape index (κ2) is 6.04. The minimum Gasteiger partial charge on any atom is -0.314 e. The summed E-state index contributed by atoms with van der Waals surface area (Å²) < 4.78 is 2.03. The molecule has 1 aromatic rings. The number of rotatable bonds is 6.